The molecule has 0 saturated carbocycles. The zero-order valence-corrected chi connectivity index (χ0v) is 30.4. The highest BCUT2D eigenvalue weighted by atomic mass is 35.5. The molecular formula is C29H46ClN5O16. The number of carbonyl (C=O) groups is 6. The van der Waals surface area contributed by atoms with Gasteiger partial charge in [-0.1, -0.05) is 0 Å². The van der Waals surface area contributed by atoms with Crippen LogP contribution in [0.3, 0.4) is 0 Å². The number of aliphatic imine (C=N–C) groups is 1. The fourth-order valence-electron chi connectivity index (χ4n) is 2.59. The number of aliphatic hydroxyl groups excluding tert-OH is 3. The maximum Gasteiger partial charge on any atom is 0.360 e. The Bertz CT molecular complexity index is 1360. The third-order valence-electron chi connectivity index (χ3n) is 4.85. The SMILES string of the molecule is CC(=O)Cl.COC(=O)C(CO)NC(C)=O.COC(=O)C(N)CO.COC(=O)C1COC(C)=N1.COC(=O)c1coc(C)n1.Cc1nc(CO)co1. The van der Waals surface area contributed by atoms with E-state index in [1.54, 1.807) is 20.8 Å². The fourth-order valence-corrected chi connectivity index (χ4v) is 2.59. The van der Waals surface area contributed by atoms with Crippen molar-refractivity contribution in [2.75, 3.05) is 48.3 Å². The topological polar surface area (TPSA) is 312 Å². The first kappa shape index (κ1) is 50.4. The highest BCUT2D eigenvalue weighted by Crippen LogP contribution is 2.05. The van der Waals surface area contributed by atoms with E-state index in [0.717, 1.165) is 0 Å². The van der Waals surface area contributed by atoms with Gasteiger partial charge in [-0.05, 0) is 11.6 Å². The lowest BCUT2D eigenvalue weighted by atomic mass is 10.3. The van der Waals surface area contributed by atoms with Crippen LogP contribution in [-0.4, -0.2) is 133 Å². The highest BCUT2D eigenvalue weighted by molar-refractivity contribution is 6.62. The summed E-state index contributed by atoms with van der Waals surface area (Å²) in [4.78, 5) is 73.4. The largest absolute Gasteiger partial charge is 0.478 e. The number of aromatic nitrogens is 2. The Morgan fingerprint density at radius 2 is 1.41 bits per heavy atom. The molecule has 0 saturated heterocycles. The minimum absolute atomic E-state index is 0.0443. The number of methoxy groups -OCH3 is 4. The van der Waals surface area contributed by atoms with E-state index in [9.17, 15) is 28.8 Å². The van der Waals surface area contributed by atoms with Gasteiger partial charge in [0.05, 0.1) is 48.3 Å². The molecule has 1 aliphatic rings. The van der Waals surface area contributed by atoms with Crippen LogP contribution in [0.15, 0.2) is 26.4 Å². The number of amides is 1. The van der Waals surface area contributed by atoms with Crippen molar-refractivity contribution in [3.8, 4) is 0 Å². The van der Waals surface area contributed by atoms with E-state index >= 15 is 0 Å². The predicted octanol–water partition coefficient (Wildman–Crippen LogP) is -0.871. The van der Waals surface area contributed by atoms with E-state index in [1.807, 2.05) is 0 Å². The van der Waals surface area contributed by atoms with Gasteiger partial charge in [-0.3, -0.25) is 14.4 Å². The number of oxazole rings is 2. The summed E-state index contributed by atoms with van der Waals surface area (Å²) >= 11 is 4.64. The summed E-state index contributed by atoms with van der Waals surface area (Å²) in [5, 5.41) is 27.1. The molecule has 51 heavy (non-hydrogen) atoms. The Labute approximate surface area is 298 Å². The molecule has 3 atom stereocenters. The van der Waals surface area contributed by atoms with Crippen LogP contribution < -0.4 is 11.1 Å². The molecule has 0 radical (unpaired) electrons. The van der Waals surface area contributed by atoms with Crippen LogP contribution in [0.4, 0.5) is 0 Å². The van der Waals surface area contributed by atoms with E-state index in [-0.39, 0.29) is 36.0 Å². The summed E-state index contributed by atoms with van der Waals surface area (Å²) in [6.45, 7) is 7.11. The van der Waals surface area contributed by atoms with Gasteiger partial charge in [-0.2, -0.15) is 0 Å². The van der Waals surface area contributed by atoms with Gasteiger partial charge in [0.1, 0.15) is 30.9 Å². The number of ether oxygens (including phenoxy) is 5. The lowest BCUT2D eigenvalue weighted by Gasteiger charge is -2.11. The van der Waals surface area contributed by atoms with E-state index < -0.39 is 42.6 Å². The lowest BCUT2D eigenvalue weighted by Crippen LogP contribution is -2.42. The molecule has 2 aromatic heterocycles. The first-order valence-electron chi connectivity index (χ1n) is 14.2. The Morgan fingerprint density at radius 1 is 0.882 bits per heavy atom. The van der Waals surface area contributed by atoms with Gasteiger partial charge in [-0.25, -0.2) is 29.3 Å². The number of nitrogens with two attached hydrogens (primary N) is 1. The van der Waals surface area contributed by atoms with Crippen molar-refractivity contribution in [1.29, 1.82) is 0 Å². The Balaban J connectivity index is -0.000000552. The minimum atomic E-state index is -0.947. The Hall–Kier alpha value is -4.96. The molecule has 3 rings (SSSR count). The molecule has 0 spiro atoms. The molecule has 1 aliphatic heterocycles. The summed E-state index contributed by atoms with van der Waals surface area (Å²) in [6.07, 6.45) is 2.70. The van der Waals surface area contributed by atoms with Crippen LogP contribution in [0.5, 0.6) is 0 Å². The molecule has 6 N–H and O–H groups in total. The number of aliphatic hydroxyl groups is 3. The Morgan fingerprint density at radius 3 is 1.69 bits per heavy atom. The van der Waals surface area contributed by atoms with Crippen molar-refractivity contribution < 1.29 is 76.6 Å². The number of esters is 4. The molecule has 0 bridgehead atoms. The van der Waals surface area contributed by atoms with Crippen LogP contribution in [0, 0.1) is 13.8 Å². The molecule has 1 amide bonds. The molecule has 22 heteroatoms. The number of rotatable bonds is 8. The molecule has 3 heterocycles. The van der Waals surface area contributed by atoms with E-state index in [1.165, 1.54) is 54.8 Å². The zero-order valence-electron chi connectivity index (χ0n) is 29.7. The van der Waals surface area contributed by atoms with E-state index in [4.69, 9.17) is 34.6 Å². The second-order valence-electron chi connectivity index (χ2n) is 9.00. The third kappa shape index (κ3) is 26.6. The molecule has 21 nitrogen and oxygen atoms in total. The second kappa shape index (κ2) is 29.9. The maximum absolute atomic E-state index is 10.8. The summed E-state index contributed by atoms with van der Waals surface area (Å²) in [5.74, 6) is -0.830. The molecule has 0 fully saturated rings. The average molecular weight is 756 g/mol. The van der Waals surface area contributed by atoms with Crippen molar-refractivity contribution in [2.24, 2.45) is 10.7 Å². The summed E-state index contributed by atoms with van der Waals surface area (Å²) in [6, 6.07) is -2.28. The maximum atomic E-state index is 10.8. The minimum Gasteiger partial charge on any atom is -0.478 e. The second-order valence-corrected chi connectivity index (χ2v) is 9.53. The van der Waals surface area contributed by atoms with Crippen LogP contribution in [0.25, 0.3) is 0 Å². The lowest BCUT2D eigenvalue weighted by molar-refractivity contribution is -0.146. The monoisotopic (exact) mass is 755 g/mol. The third-order valence-corrected chi connectivity index (χ3v) is 4.85. The number of halogens is 1. The number of hydrogen-bond acceptors (Lipinski definition) is 20. The molecule has 0 aliphatic carbocycles. The van der Waals surface area contributed by atoms with E-state index in [0.29, 0.717) is 30.0 Å². The van der Waals surface area contributed by atoms with Crippen LogP contribution in [-0.2, 0) is 54.3 Å². The van der Waals surface area contributed by atoms with Crippen LogP contribution in [0.1, 0.15) is 48.7 Å². The fraction of sp³-hybridized carbons (Fsp3) is 0.552. The Kier molecular flexibility index (Phi) is 29.6. The number of aryl methyl sites for hydroxylation is 2. The first-order valence-corrected chi connectivity index (χ1v) is 14.6. The quantitative estimate of drug-likeness (QED) is 0.124. The zero-order chi connectivity index (χ0) is 40.1. The number of nitrogens with one attached hydrogen (secondary N) is 1. The van der Waals surface area contributed by atoms with Crippen molar-refractivity contribution in [3.05, 3.63) is 35.7 Å². The smallest absolute Gasteiger partial charge is 0.360 e. The number of hydrogen-bond donors (Lipinski definition) is 5. The summed E-state index contributed by atoms with van der Waals surface area (Å²) in [7, 11) is 5.04. The van der Waals surface area contributed by atoms with Crippen molar-refractivity contribution in [1.82, 2.24) is 15.3 Å². The van der Waals surface area contributed by atoms with Gasteiger partial charge in [0.15, 0.2) is 35.5 Å². The van der Waals surface area contributed by atoms with Crippen molar-refractivity contribution in [3.63, 3.8) is 0 Å². The normalized spacial score (nSPS) is 13.1. The average Bonchev–Trinajstić information content (AvgIpc) is 3.87. The molecule has 2 aromatic rings. The number of carbonyl (C=O) groups excluding carboxylic acids is 6. The summed E-state index contributed by atoms with van der Waals surface area (Å²) in [5.41, 5.74) is 5.80. The van der Waals surface area contributed by atoms with Gasteiger partial charge >= 0.3 is 23.9 Å². The predicted molar refractivity (Wildman–Crippen MR) is 175 cm³/mol. The molecule has 3 unspecified atom stereocenters. The molecule has 0 aromatic carbocycles. The van der Waals surface area contributed by atoms with Crippen LogP contribution in [0.2, 0.25) is 0 Å². The van der Waals surface area contributed by atoms with Crippen LogP contribution >= 0.6 is 11.6 Å². The molecular weight excluding hydrogens is 710 g/mol. The van der Waals surface area contributed by atoms with Gasteiger partial charge in [0.2, 0.25) is 11.1 Å². The van der Waals surface area contributed by atoms with Crippen molar-refractivity contribution in [2.45, 2.75) is 59.4 Å². The van der Waals surface area contributed by atoms with Crippen molar-refractivity contribution >= 4 is 52.5 Å². The summed E-state index contributed by atoms with van der Waals surface area (Å²) < 4.78 is 31.8. The standard InChI is InChI=1S/C6H11NO4.C6H9NO3.C6H7NO3.C5H7NO2.C4H9NO3.C2H3ClO/c1-4(9)7-5(3-8)6(10)11-2;2*1-4-7-5(3-10-4)6(8)9-2;1-4-6-5(2-7)3-8-4;1-8-4(7)3(5)2-6;1-2(3)4/h5,8H,3H2,1-2H3,(H,7,9);5H,3H2,1-2H3;3H,1-2H3;3,7H,2H2,1H3;3,6H,2,5H2,1H3;1H3. The van der Waals surface area contributed by atoms with E-state index in [2.05, 4.69) is 50.8 Å². The van der Waals surface area contributed by atoms with Gasteiger partial charge in [-0.15, -0.1) is 0 Å². The van der Waals surface area contributed by atoms with Gasteiger partial charge < -0.3 is 58.9 Å². The van der Waals surface area contributed by atoms with Gasteiger partial charge in [0, 0.05) is 34.6 Å². The first-order chi connectivity index (χ1) is 23.9. The van der Waals surface area contributed by atoms with Gasteiger partial charge in [0.25, 0.3) is 0 Å². The molecule has 290 valence electrons. The number of nitrogens with zero attached hydrogens (tertiary/aromatic N) is 3. The highest BCUT2D eigenvalue weighted by Gasteiger charge is 2.24.